The highest BCUT2D eigenvalue weighted by Gasteiger charge is 2.20. The van der Waals surface area contributed by atoms with Crippen LogP contribution in [0, 0.1) is 27.7 Å². The van der Waals surface area contributed by atoms with Crippen LogP contribution in [0.2, 0.25) is 0 Å². The van der Waals surface area contributed by atoms with Crippen LogP contribution in [0.4, 0.5) is 0 Å². The number of benzene rings is 1. The van der Waals surface area contributed by atoms with Crippen molar-refractivity contribution in [1.29, 1.82) is 0 Å². The summed E-state index contributed by atoms with van der Waals surface area (Å²) in [7, 11) is 1.37. The first kappa shape index (κ1) is 16.3. The van der Waals surface area contributed by atoms with Crippen LogP contribution in [-0.2, 0) is 9.53 Å². The van der Waals surface area contributed by atoms with E-state index in [4.69, 9.17) is 9.47 Å². The van der Waals surface area contributed by atoms with E-state index in [1.165, 1.54) is 23.8 Å². The van der Waals surface area contributed by atoms with Gasteiger partial charge in [0.25, 0.3) is 0 Å². The van der Waals surface area contributed by atoms with E-state index in [2.05, 4.69) is 20.8 Å². The van der Waals surface area contributed by atoms with Crippen LogP contribution in [0.1, 0.15) is 41.7 Å². The number of carbonyl (C=O) groups excluding carboxylic acids is 1. The molecule has 0 saturated heterocycles. The maximum absolute atomic E-state index is 11.6. The first-order chi connectivity index (χ1) is 9.34. The van der Waals surface area contributed by atoms with Crippen LogP contribution >= 0.6 is 0 Å². The molecule has 1 atom stereocenters. The molecule has 0 aliphatic rings. The number of hydrogen-bond donors (Lipinski definition) is 0. The average Bonchev–Trinajstić information content (AvgIpc) is 2.45. The molecule has 1 aromatic rings. The number of carbonyl (C=O) groups is 1. The van der Waals surface area contributed by atoms with Gasteiger partial charge in [-0.05, 0) is 63.8 Å². The second-order valence-corrected chi connectivity index (χ2v) is 5.03. The van der Waals surface area contributed by atoms with Crippen molar-refractivity contribution in [2.45, 2.75) is 47.6 Å². The van der Waals surface area contributed by atoms with Gasteiger partial charge in [0.1, 0.15) is 5.75 Å². The lowest BCUT2D eigenvalue weighted by Gasteiger charge is -2.21. The maximum Gasteiger partial charge on any atom is 0.346 e. The second-order valence-electron chi connectivity index (χ2n) is 5.03. The Morgan fingerprint density at radius 2 is 1.60 bits per heavy atom. The molecule has 3 nitrogen and oxygen atoms in total. The third-order valence-corrected chi connectivity index (χ3v) is 3.84. The van der Waals surface area contributed by atoms with Gasteiger partial charge >= 0.3 is 5.97 Å². The highest BCUT2D eigenvalue weighted by Crippen LogP contribution is 2.34. The number of esters is 1. The molecule has 0 fully saturated rings. The van der Waals surface area contributed by atoms with E-state index in [0.29, 0.717) is 0 Å². The van der Waals surface area contributed by atoms with Gasteiger partial charge in [-0.15, -0.1) is 0 Å². The van der Waals surface area contributed by atoms with Gasteiger partial charge < -0.3 is 9.47 Å². The Kier molecular flexibility index (Phi) is 5.37. The molecule has 0 bridgehead atoms. The van der Waals surface area contributed by atoms with Gasteiger partial charge in [0, 0.05) is 5.56 Å². The summed E-state index contributed by atoms with van der Waals surface area (Å²) in [5, 5.41) is 0. The molecule has 0 heterocycles. The van der Waals surface area contributed by atoms with Crippen LogP contribution in [-0.4, -0.2) is 19.2 Å². The van der Waals surface area contributed by atoms with Crippen molar-refractivity contribution in [1.82, 2.24) is 0 Å². The van der Waals surface area contributed by atoms with Gasteiger partial charge in [-0.1, -0.05) is 12.2 Å². The molecular weight excluding hydrogens is 252 g/mol. The summed E-state index contributed by atoms with van der Waals surface area (Å²) in [4.78, 5) is 11.6. The van der Waals surface area contributed by atoms with Gasteiger partial charge in [-0.2, -0.15) is 0 Å². The Morgan fingerprint density at radius 1 is 1.05 bits per heavy atom. The molecule has 3 heteroatoms. The monoisotopic (exact) mass is 276 g/mol. The Morgan fingerprint density at radius 3 is 2.10 bits per heavy atom. The summed E-state index contributed by atoms with van der Waals surface area (Å²) in [6.07, 6.45) is 3.38. The minimum atomic E-state index is -0.621. The Labute approximate surface area is 121 Å². The summed E-state index contributed by atoms with van der Waals surface area (Å²) in [5.74, 6) is 0.397. The Balaban J connectivity index is 3.40. The standard InChI is InChI=1S/C17H24O3/c1-8-9-15-12(4)10(2)11(3)13(5)16(15)20-14(6)17(18)19-7/h8-9,14H,1-7H3/b9-8+. The molecule has 1 unspecified atom stereocenters. The van der Waals surface area contributed by atoms with Gasteiger partial charge in [-0.25, -0.2) is 4.79 Å². The van der Waals surface area contributed by atoms with Crippen molar-refractivity contribution in [2.24, 2.45) is 0 Å². The molecule has 0 amide bonds. The summed E-state index contributed by atoms with van der Waals surface area (Å²) in [6.45, 7) is 12.0. The van der Waals surface area contributed by atoms with Crippen LogP contribution < -0.4 is 4.74 Å². The van der Waals surface area contributed by atoms with E-state index in [9.17, 15) is 4.79 Å². The second kappa shape index (κ2) is 6.60. The molecule has 0 radical (unpaired) electrons. The molecule has 20 heavy (non-hydrogen) atoms. The predicted octanol–water partition coefficient (Wildman–Crippen LogP) is 3.89. The lowest BCUT2D eigenvalue weighted by molar-refractivity contribution is -0.147. The van der Waals surface area contributed by atoms with E-state index in [-0.39, 0.29) is 5.97 Å². The zero-order valence-corrected chi connectivity index (χ0v) is 13.5. The van der Waals surface area contributed by atoms with Crippen LogP contribution in [0.5, 0.6) is 5.75 Å². The number of ether oxygens (including phenoxy) is 2. The van der Waals surface area contributed by atoms with Crippen molar-refractivity contribution in [3.05, 3.63) is 33.9 Å². The zero-order chi connectivity index (χ0) is 15.4. The third kappa shape index (κ3) is 3.03. The molecule has 1 aromatic carbocycles. The minimum Gasteiger partial charge on any atom is -0.478 e. The average molecular weight is 276 g/mol. The molecule has 0 N–H and O–H groups in total. The normalized spacial score (nSPS) is 12.6. The Bertz CT molecular complexity index is 542. The van der Waals surface area contributed by atoms with E-state index in [0.717, 1.165) is 16.9 Å². The number of rotatable bonds is 4. The summed E-state index contributed by atoms with van der Waals surface area (Å²) >= 11 is 0. The van der Waals surface area contributed by atoms with Crippen molar-refractivity contribution < 1.29 is 14.3 Å². The van der Waals surface area contributed by atoms with Crippen molar-refractivity contribution in [2.75, 3.05) is 7.11 Å². The van der Waals surface area contributed by atoms with Gasteiger partial charge in [0.2, 0.25) is 0 Å². The summed E-state index contributed by atoms with van der Waals surface area (Å²) in [5.41, 5.74) is 5.73. The first-order valence-corrected chi connectivity index (χ1v) is 6.82. The molecule has 0 aromatic heterocycles. The first-order valence-electron chi connectivity index (χ1n) is 6.82. The quantitative estimate of drug-likeness (QED) is 0.783. The smallest absolute Gasteiger partial charge is 0.346 e. The van der Waals surface area contributed by atoms with Crippen LogP contribution in [0.15, 0.2) is 6.08 Å². The SMILES string of the molecule is C/C=C/c1c(C)c(C)c(C)c(C)c1OC(C)C(=O)OC. The minimum absolute atomic E-state index is 0.369. The Hall–Kier alpha value is -1.77. The molecular formula is C17H24O3. The fraction of sp³-hybridized carbons (Fsp3) is 0.471. The molecule has 0 aliphatic heterocycles. The van der Waals surface area contributed by atoms with Gasteiger partial charge in [-0.3, -0.25) is 0 Å². The third-order valence-electron chi connectivity index (χ3n) is 3.84. The number of allylic oxidation sites excluding steroid dienone is 1. The van der Waals surface area contributed by atoms with Gasteiger partial charge in [0.15, 0.2) is 6.10 Å². The lowest BCUT2D eigenvalue weighted by Crippen LogP contribution is -2.26. The zero-order valence-electron chi connectivity index (χ0n) is 13.5. The number of methoxy groups -OCH3 is 1. The van der Waals surface area contributed by atoms with Crippen molar-refractivity contribution in [3.8, 4) is 5.75 Å². The van der Waals surface area contributed by atoms with Crippen molar-refractivity contribution in [3.63, 3.8) is 0 Å². The molecule has 0 aliphatic carbocycles. The summed E-state index contributed by atoms with van der Waals surface area (Å²) < 4.78 is 10.6. The number of hydrogen-bond acceptors (Lipinski definition) is 3. The van der Waals surface area contributed by atoms with Crippen molar-refractivity contribution >= 4 is 12.0 Å². The van der Waals surface area contributed by atoms with Crippen LogP contribution in [0.3, 0.4) is 0 Å². The van der Waals surface area contributed by atoms with E-state index in [1.54, 1.807) is 6.92 Å². The molecule has 0 saturated carbocycles. The van der Waals surface area contributed by atoms with Gasteiger partial charge in [0.05, 0.1) is 7.11 Å². The molecule has 0 spiro atoms. The highest BCUT2D eigenvalue weighted by molar-refractivity contribution is 5.75. The molecule has 1 rings (SSSR count). The van der Waals surface area contributed by atoms with Crippen LogP contribution in [0.25, 0.3) is 6.08 Å². The van der Waals surface area contributed by atoms with E-state index in [1.807, 2.05) is 26.0 Å². The maximum atomic E-state index is 11.6. The fourth-order valence-electron chi connectivity index (χ4n) is 2.22. The predicted molar refractivity (Wildman–Crippen MR) is 82.2 cm³/mol. The topological polar surface area (TPSA) is 35.5 Å². The highest BCUT2D eigenvalue weighted by atomic mass is 16.6. The largest absolute Gasteiger partial charge is 0.478 e. The fourth-order valence-corrected chi connectivity index (χ4v) is 2.22. The molecule has 110 valence electrons. The summed E-state index contributed by atoms with van der Waals surface area (Å²) in [6, 6.07) is 0. The lowest BCUT2D eigenvalue weighted by atomic mass is 9.93. The van der Waals surface area contributed by atoms with E-state index >= 15 is 0 Å². The van der Waals surface area contributed by atoms with E-state index < -0.39 is 6.10 Å².